The lowest BCUT2D eigenvalue weighted by molar-refractivity contribution is -0.147. The fraction of sp³-hybridized carbons (Fsp3) is 0.700. The summed E-state index contributed by atoms with van der Waals surface area (Å²) in [6.07, 6.45) is -0.908. The number of hydrogen-bond acceptors (Lipinski definition) is 3. The Morgan fingerprint density at radius 2 is 2.12 bits per heavy atom. The maximum Gasteiger partial charge on any atom is 0.401 e. The van der Waals surface area contributed by atoms with Gasteiger partial charge in [-0.1, -0.05) is 0 Å². The molecule has 1 heterocycles. The van der Waals surface area contributed by atoms with Gasteiger partial charge < -0.3 is 9.67 Å². The molecule has 0 aliphatic heterocycles. The summed E-state index contributed by atoms with van der Waals surface area (Å²) in [5, 5.41) is 8.72. The van der Waals surface area contributed by atoms with Gasteiger partial charge >= 0.3 is 6.18 Å². The van der Waals surface area contributed by atoms with Crippen LogP contribution in [-0.4, -0.2) is 52.0 Å². The maximum absolute atomic E-state index is 12.2. The zero-order valence-corrected chi connectivity index (χ0v) is 9.61. The molecule has 1 aromatic heterocycles. The van der Waals surface area contributed by atoms with Crippen LogP contribution in [0.3, 0.4) is 0 Å². The largest absolute Gasteiger partial charge is 0.401 e. The molecule has 0 atom stereocenters. The molecule has 0 unspecified atom stereocenters. The van der Waals surface area contributed by atoms with Gasteiger partial charge in [0.05, 0.1) is 13.2 Å². The van der Waals surface area contributed by atoms with Crippen molar-refractivity contribution in [1.82, 2.24) is 14.5 Å². The third-order valence-electron chi connectivity index (χ3n) is 2.40. The highest BCUT2D eigenvalue weighted by Crippen LogP contribution is 2.16. The number of alkyl halides is 3. The van der Waals surface area contributed by atoms with E-state index in [1.807, 2.05) is 0 Å². The molecule has 4 nitrogen and oxygen atoms in total. The fourth-order valence-electron chi connectivity index (χ4n) is 1.55. The fourth-order valence-corrected chi connectivity index (χ4v) is 1.55. The Hall–Kier alpha value is -1.08. The van der Waals surface area contributed by atoms with Crippen molar-refractivity contribution < 1.29 is 18.3 Å². The summed E-state index contributed by atoms with van der Waals surface area (Å²) in [4.78, 5) is 5.17. The van der Waals surface area contributed by atoms with Crippen molar-refractivity contribution in [3.63, 3.8) is 0 Å². The minimum Gasteiger partial charge on any atom is -0.395 e. The minimum absolute atomic E-state index is 0.0211. The summed E-state index contributed by atoms with van der Waals surface area (Å²) in [5.74, 6) is 0.765. The zero-order chi connectivity index (χ0) is 12.9. The second-order valence-electron chi connectivity index (χ2n) is 3.78. The molecular weight excluding hydrogens is 235 g/mol. The van der Waals surface area contributed by atoms with E-state index < -0.39 is 12.7 Å². The van der Waals surface area contributed by atoms with Gasteiger partial charge in [-0.15, -0.1) is 0 Å². The van der Waals surface area contributed by atoms with Crippen LogP contribution in [0.25, 0.3) is 0 Å². The molecule has 0 saturated heterocycles. The van der Waals surface area contributed by atoms with Crippen molar-refractivity contribution in [1.29, 1.82) is 0 Å². The van der Waals surface area contributed by atoms with E-state index >= 15 is 0 Å². The number of hydrogen-bond donors (Lipinski definition) is 1. The summed E-state index contributed by atoms with van der Waals surface area (Å²) >= 11 is 0. The van der Waals surface area contributed by atoms with Crippen LogP contribution in [0.15, 0.2) is 12.4 Å². The van der Waals surface area contributed by atoms with Crippen LogP contribution in [0.1, 0.15) is 5.82 Å². The van der Waals surface area contributed by atoms with Crippen molar-refractivity contribution in [3.05, 3.63) is 18.2 Å². The number of halogens is 3. The van der Waals surface area contributed by atoms with Gasteiger partial charge in [0.15, 0.2) is 0 Å². The Morgan fingerprint density at radius 1 is 1.41 bits per heavy atom. The van der Waals surface area contributed by atoms with E-state index in [-0.39, 0.29) is 19.7 Å². The van der Waals surface area contributed by atoms with Crippen molar-refractivity contribution >= 4 is 0 Å². The summed E-state index contributed by atoms with van der Waals surface area (Å²) in [6.45, 7) is 1.20. The van der Waals surface area contributed by atoms with Crippen LogP contribution in [-0.2, 0) is 6.54 Å². The van der Waals surface area contributed by atoms with Gasteiger partial charge in [-0.25, -0.2) is 4.98 Å². The molecule has 0 aromatic carbocycles. The third kappa shape index (κ3) is 5.18. The number of aromatic nitrogens is 2. The molecule has 0 aliphatic carbocycles. The standard InChI is InChI=1S/C10H16F3N3O/c1-9-14-2-3-16(9)5-4-15(6-7-17)8-10(11,12)13/h2-3,17H,4-8H2,1H3. The zero-order valence-electron chi connectivity index (χ0n) is 9.61. The average Bonchev–Trinajstić information content (AvgIpc) is 2.59. The number of nitrogens with zero attached hydrogens (tertiary/aromatic N) is 3. The molecule has 98 valence electrons. The number of aliphatic hydroxyl groups is 1. The Labute approximate surface area is 97.7 Å². The van der Waals surface area contributed by atoms with E-state index in [4.69, 9.17) is 5.11 Å². The molecule has 1 aromatic rings. The number of rotatable bonds is 6. The molecule has 0 saturated carbocycles. The molecule has 0 fully saturated rings. The molecular formula is C10H16F3N3O. The van der Waals surface area contributed by atoms with Gasteiger partial charge in [0, 0.05) is 32.0 Å². The number of aryl methyl sites for hydroxylation is 1. The summed E-state index contributed by atoms with van der Waals surface area (Å²) in [7, 11) is 0. The lowest BCUT2D eigenvalue weighted by atomic mass is 10.4. The van der Waals surface area contributed by atoms with Crippen LogP contribution in [0.2, 0.25) is 0 Å². The SMILES string of the molecule is Cc1nccn1CCN(CCO)CC(F)(F)F. The molecule has 0 amide bonds. The molecule has 17 heavy (non-hydrogen) atoms. The molecule has 1 N–H and O–H groups in total. The quantitative estimate of drug-likeness (QED) is 0.821. The number of aliphatic hydroxyl groups excluding tert-OH is 1. The Balaban J connectivity index is 2.47. The van der Waals surface area contributed by atoms with Crippen LogP contribution in [0, 0.1) is 6.92 Å². The summed E-state index contributed by atoms with van der Waals surface area (Å²) in [5.41, 5.74) is 0. The van der Waals surface area contributed by atoms with Gasteiger partial charge in [0.1, 0.15) is 5.82 Å². The van der Waals surface area contributed by atoms with Crippen molar-refractivity contribution in [3.8, 4) is 0 Å². The molecule has 1 rings (SSSR count). The first kappa shape index (κ1) is 14.0. The maximum atomic E-state index is 12.2. The van der Waals surface area contributed by atoms with Crippen LogP contribution < -0.4 is 0 Å². The number of imidazole rings is 1. The molecule has 0 spiro atoms. The normalized spacial score (nSPS) is 12.4. The Morgan fingerprint density at radius 3 is 2.59 bits per heavy atom. The lowest BCUT2D eigenvalue weighted by Gasteiger charge is -2.22. The van der Waals surface area contributed by atoms with E-state index in [0.29, 0.717) is 6.54 Å². The van der Waals surface area contributed by atoms with Gasteiger partial charge in [-0.05, 0) is 6.92 Å². The smallest absolute Gasteiger partial charge is 0.395 e. The summed E-state index contributed by atoms with van der Waals surface area (Å²) < 4.78 is 38.5. The van der Waals surface area contributed by atoms with E-state index in [1.165, 1.54) is 4.90 Å². The van der Waals surface area contributed by atoms with Gasteiger partial charge in [-0.2, -0.15) is 13.2 Å². The molecule has 7 heteroatoms. The second-order valence-corrected chi connectivity index (χ2v) is 3.78. The first-order valence-corrected chi connectivity index (χ1v) is 5.30. The highest BCUT2D eigenvalue weighted by atomic mass is 19.4. The summed E-state index contributed by atoms with van der Waals surface area (Å²) in [6, 6.07) is 0. The second kappa shape index (κ2) is 6.02. The van der Waals surface area contributed by atoms with Crippen molar-refractivity contribution in [2.45, 2.75) is 19.6 Å². The predicted octanol–water partition coefficient (Wildman–Crippen LogP) is 1.05. The minimum atomic E-state index is -4.24. The van der Waals surface area contributed by atoms with Gasteiger partial charge in [0.25, 0.3) is 0 Å². The van der Waals surface area contributed by atoms with E-state index in [2.05, 4.69) is 4.98 Å². The van der Waals surface area contributed by atoms with E-state index in [9.17, 15) is 13.2 Å². The van der Waals surface area contributed by atoms with Gasteiger partial charge in [0.2, 0.25) is 0 Å². The lowest BCUT2D eigenvalue weighted by Crippen LogP contribution is -2.38. The van der Waals surface area contributed by atoms with Crippen LogP contribution >= 0.6 is 0 Å². The molecule has 0 aliphatic rings. The highest BCUT2D eigenvalue weighted by molar-refractivity contribution is 4.88. The monoisotopic (exact) mass is 251 g/mol. The van der Waals surface area contributed by atoms with Gasteiger partial charge in [-0.3, -0.25) is 4.90 Å². The van der Waals surface area contributed by atoms with E-state index in [1.54, 1.807) is 23.9 Å². The van der Waals surface area contributed by atoms with Crippen LogP contribution in [0.5, 0.6) is 0 Å². The predicted molar refractivity (Wildman–Crippen MR) is 56.5 cm³/mol. The highest BCUT2D eigenvalue weighted by Gasteiger charge is 2.30. The third-order valence-corrected chi connectivity index (χ3v) is 2.40. The van der Waals surface area contributed by atoms with E-state index in [0.717, 1.165) is 5.82 Å². The first-order chi connectivity index (χ1) is 7.92. The first-order valence-electron chi connectivity index (χ1n) is 5.30. The molecule has 0 bridgehead atoms. The molecule has 0 radical (unpaired) electrons. The topological polar surface area (TPSA) is 41.3 Å². The van der Waals surface area contributed by atoms with Crippen LogP contribution in [0.4, 0.5) is 13.2 Å². The Bertz CT molecular complexity index is 338. The Kier molecular flexibility index (Phi) is 4.95. The average molecular weight is 251 g/mol. The van der Waals surface area contributed by atoms with Crippen molar-refractivity contribution in [2.24, 2.45) is 0 Å². The van der Waals surface area contributed by atoms with Crippen molar-refractivity contribution in [2.75, 3.05) is 26.2 Å².